The second kappa shape index (κ2) is 2.46. The van der Waals surface area contributed by atoms with Crippen molar-refractivity contribution >= 4 is 0 Å². The van der Waals surface area contributed by atoms with Gasteiger partial charge >= 0.3 is 0 Å². The van der Waals surface area contributed by atoms with Gasteiger partial charge in [0.1, 0.15) is 6.23 Å². The molecule has 2 heteroatoms. The van der Waals surface area contributed by atoms with Gasteiger partial charge in [0.15, 0.2) is 0 Å². The van der Waals surface area contributed by atoms with Crippen molar-refractivity contribution in [3.05, 3.63) is 0 Å². The third-order valence-electron chi connectivity index (χ3n) is 1.37. The minimum atomic E-state index is -0.512. The zero-order valence-corrected chi connectivity index (χ0v) is 5.18. The van der Waals surface area contributed by atoms with Crippen LogP contribution in [0.25, 0.3) is 0 Å². The molecule has 0 amide bonds. The molecule has 0 saturated heterocycles. The summed E-state index contributed by atoms with van der Waals surface area (Å²) in [5.41, 5.74) is 0. The molecule has 0 aromatic heterocycles. The third kappa shape index (κ3) is 1.80. The summed E-state index contributed by atoms with van der Waals surface area (Å²) < 4.78 is 0. The first kappa shape index (κ1) is 6.05. The highest BCUT2D eigenvalue weighted by atomic mass is 16.3. The first-order valence-electron chi connectivity index (χ1n) is 3.24. The van der Waals surface area contributed by atoms with Crippen molar-refractivity contribution in [2.45, 2.75) is 38.5 Å². The van der Waals surface area contributed by atoms with Gasteiger partial charge in [-0.3, -0.25) is 5.32 Å². The molecule has 1 radical (unpaired) electrons. The molecule has 2 nitrogen and oxygen atoms in total. The van der Waals surface area contributed by atoms with Crippen molar-refractivity contribution in [1.82, 2.24) is 5.32 Å². The minimum Gasteiger partial charge on any atom is -0.287 e. The summed E-state index contributed by atoms with van der Waals surface area (Å²) in [4.78, 5) is 0. The molecule has 0 bridgehead atoms. The molecule has 8 heavy (non-hydrogen) atoms. The Bertz CT molecular complexity index is 70.9. The van der Waals surface area contributed by atoms with Crippen molar-refractivity contribution < 1.29 is 5.11 Å². The van der Waals surface area contributed by atoms with Gasteiger partial charge in [0.05, 0.1) is 0 Å². The molecule has 0 aromatic rings. The van der Waals surface area contributed by atoms with Gasteiger partial charge in [0.25, 0.3) is 0 Å². The zero-order chi connectivity index (χ0) is 5.98. The van der Waals surface area contributed by atoms with Gasteiger partial charge in [-0.05, 0) is 19.3 Å². The van der Waals surface area contributed by atoms with E-state index in [-0.39, 0.29) is 0 Å². The lowest BCUT2D eigenvalue weighted by Gasteiger charge is -2.04. The van der Waals surface area contributed by atoms with Crippen molar-refractivity contribution in [1.29, 1.82) is 0 Å². The lowest BCUT2D eigenvalue weighted by Crippen LogP contribution is -2.28. The Hall–Kier alpha value is -0.0800. The predicted molar refractivity (Wildman–Crippen MR) is 30.9 cm³/mol. The van der Waals surface area contributed by atoms with E-state index >= 15 is 0 Å². The molecule has 0 aliphatic heterocycles. The molecule has 0 aromatic carbocycles. The summed E-state index contributed by atoms with van der Waals surface area (Å²) in [7, 11) is 0. The number of hydrogen-bond donors (Lipinski definition) is 1. The standard InChI is InChI=1S/C6H12NO/c1-2-6(8)7-5-3-4-5/h5-7H,2-4H2,1H3. The van der Waals surface area contributed by atoms with E-state index in [1.807, 2.05) is 6.92 Å². The Kier molecular flexibility index (Phi) is 1.86. The van der Waals surface area contributed by atoms with E-state index in [1.54, 1.807) is 0 Å². The summed E-state index contributed by atoms with van der Waals surface area (Å²) in [5, 5.41) is 13.6. The fraction of sp³-hybridized carbons (Fsp3) is 1.00. The molecule has 47 valence electrons. The molecule has 1 atom stereocenters. The third-order valence-corrected chi connectivity index (χ3v) is 1.37. The molecule has 0 spiro atoms. The SMILES string of the molecule is CCC([O])NC1CC1. The average Bonchev–Trinajstić information content (AvgIpc) is 2.50. The van der Waals surface area contributed by atoms with Crippen molar-refractivity contribution in [2.24, 2.45) is 0 Å². The topological polar surface area (TPSA) is 31.9 Å². The molecule has 1 unspecified atom stereocenters. The van der Waals surface area contributed by atoms with Crippen LogP contribution in [0.4, 0.5) is 0 Å². The first-order chi connectivity index (χ1) is 3.83. The monoisotopic (exact) mass is 114 g/mol. The summed E-state index contributed by atoms with van der Waals surface area (Å²) >= 11 is 0. The van der Waals surface area contributed by atoms with Gasteiger partial charge in [-0.2, -0.15) is 0 Å². The van der Waals surface area contributed by atoms with E-state index in [1.165, 1.54) is 12.8 Å². The molecular weight excluding hydrogens is 102 g/mol. The Morgan fingerprint density at radius 1 is 1.75 bits per heavy atom. The van der Waals surface area contributed by atoms with Crippen LogP contribution in [0.3, 0.4) is 0 Å². The first-order valence-corrected chi connectivity index (χ1v) is 3.24. The van der Waals surface area contributed by atoms with Crippen LogP contribution in [0.1, 0.15) is 26.2 Å². The van der Waals surface area contributed by atoms with Gasteiger partial charge in [0.2, 0.25) is 0 Å². The molecule has 1 saturated carbocycles. The molecule has 1 rings (SSSR count). The smallest absolute Gasteiger partial charge is 0.143 e. The predicted octanol–water partition coefficient (Wildman–Crippen LogP) is 0.905. The Morgan fingerprint density at radius 2 is 2.38 bits per heavy atom. The maximum atomic E-state index is 10.6. The molecule has 0 heterocycles. The lowest BCUT2D eigenvalue weighted by atomic mass is 10.4. The zero-order valence-electron chi connectivity index (χ0n) is 5.18. The molecular formula is C6H12NO. The van der Waals surface area contributed by atoms with Gasteiger partial charge in [-0.15, -0.1) is 0 Å². The van der Waals surface area contributed by atoms with Gasteiger partial charge in [-0.25, -0.2) is 5.11 Å². The molecule has 1 fully saturated rings. The van der Waals surface area contributed by atoms with Crippen molar-refractivity contribution in [3.63, 3.8) is 0 Å². The maximum absolute atomic E-state index is 10.6. The van der Waals surface area contributed by atoms with Gasteiger partial charge < -0.3 is 0 Å². The van der Waals surface area contributed by atoms with E-state index in [9.17, 15) is 5.11 Å². The van der Waals surface area contributed by atoms with Crippen molar-refractivity contribution in [3.8, 4) is 0 Å². The summed E-state index contributed by atoms with van der Waals surface area (Å²) in [6.07, 6.45) is 2.61. The Balaban J connectivity index is 1.98. The maximum Gasteiger partial charge on any atom is 0.143 e. The highest BCUT2D eigenvalue weighted by Crippen LogP contribution is 2.19. The van der Waals surface area contributed by atoms with Crippen LogP contribution in [0, 0.1) is 0 Å². The van der Waals surface area contributed by atoms with Crippen LogP contribution < -0.4 is 5.32 Å². The van der Waals surface area contributed by atoms with Crippen LogP contribution >= 0.6 is 0 Å². The minimum absolute atomic E-state index is 0.512. The summed E-state index contributed by atoms with van der Waals surface area (Å²) in [6, 6.07) is 0.567. The van der Waals surface area contributed by atoms with Gasteiger partial charge in [-0.1, -0.05) is 6.92 Å². The quantitative estimate of drug-likeness (QED) is 0.543. The van der Waals surface area contributed by atoms with Gasteiger partial charge in [0, 0.05) is 6.04 Å². The molecule has 1 aliphatic rings. The molecule has 1 aliphatic carbocycles. The van der Waals surface area contributed by atoms with Crippen LogP contribution in [0.2, 0.25) is 0 Å². The highest BCUT2D eigenvalue weighted by Gasteiger charge is 2.22. The van der Waals surface area contributed by atoms with Crippen LogP contribution in [0.15, 0.2) is 0 Å². The number of nitrogens with one attached hydrogen (secondary N) is 1. The van der Waals surface area contributed by atoms with E-state index in [4.69, 9.17) is 0 Å². The second-order valence-electron chi connectivity index (χ2n) is 2.34. The second-order valence-corrected chi connectivity index (χ2v) is 2.34. The van der Waals surface area contributed by atoms with E-state index in [0.717, 1.165) is 0 Å². The van der Waals surface area contributed by atoms with Crippen LogP contribution in [-0.4, -0.2) is 12.3 Å². The lowest BCUT2D eigenvalue weighted by molar-refractivity contribution is 0.0541. The fourth-order valence-electron chi connectivity index (χ4n) is 0.631. The normalized spacial score (nSPS) is 23.2. The van der Waals surface area contributed by atoms with Crippen molar-refractivity contribution in [2.75, 3.05) is 0 Å². The van der Waals surface area contributed by atoms with Crippen LogP contribution in [0.5, 0.6) is 0 Å². The number of rotatable bonds is 3. The van der Waals surface area contributed by atoms with E-state index < -0.39 is 6.23 Å². The Labute approximate surface area is 49.9 Å². The largest absolute Gasteiger partial charge is 0.287 e. The highest BCUT2D eigenvalue weighted by molar-refractivity contribution is 4.81. The van der Waals surface area contributed by atoms with Crippen LogP contribution in [-0.2, 0) is 5.11 Å². The number of hydrogen-bond acceptors (Lipinski definition) is 1. The summed E-state index contributed by atoms with van der Waals surface area (Å²) in [5.74, 6) is 0. The molecule has 1 N–H and O–H groups in total. The fourth-order valence-corrected chi connectivity index (χ4v) is 0.631. The average molecular weight is 114 g/mol. The Morgan fingerprint density at radius 3 is 2.75 bits per heavy atom. The van der Waals surface area contributed by atoms with E-state index in [0.29, 0.717) is 12.5 Å². The summed E-state index contributed by atoms with van der Waals surface area (Å²) in [6.45, 7) is 1.91. The van der Waals surface area contributed by atoms with E-state index in [2.05, 4.69) is 5.32 Å².